The van der Waals surface area contributed by atoms with Crippen LogP contribution >= 0.6 is 0 Å². The third-order valence-corrected chi connectivity index (χ3v) is 2.97. The number of hydrogen-bond donors (Lipinski definition) is 1. The van der Waals surface area contributed by atoms with Crippen molar-refractivity contribution in [1.82, 2.24) is 15.5 Å². The summed E-state index contributed by atoms with van der Waals surface area (Å²) in [6.07, 6.45) is -1.87. The monoisotopic (exact) mass is 297 g/mol. The standard InChI is InChI=1S/C11H15F4N3O2/c12-10(13)11(14,15)6-19-5-8-17-9(20-18-8)7-2-1-3-16-4-7/h7,10,16H,1-6H2/t7-/m0/s1. The lowest BCUT2D eigenvalue weighted by atomic mass is 10.00. The Morgan fingerprint density at radius 1 is 1.45 bits per heavy atom. The Kier molecular flexibility index (Phi) is 4.92. The topological polar surface area (TPSA) is 60.2 Å². The molecule has 0 bridgehead atoms. The van der Waals surface area contributed by atoms with Gasteiger partial charge in [-0.2, -0.15) is 13.8 Å². The zero-order chi connectivity index (χ0) is 14.6. The minimum Gasteiger partial charge on any atom is -0.367 e. The summed E-state index contributed by atoms with van der Waals surface area (Å²) in [5.74, 6) is -3.58. The zero-order valence-corrected chi connectivity index (χ0v) is 10.6. The normalized spacial score (nSPS) is 20.6. The van der Waals surface area contributed by atoms with Gasteiger partial charge in [0.2, 0.25) is 5.89 Å². The third-order valence-electron chi connectivity index (χ3n) is 2.97. The summed E-state index contributed by atoms with van der Waals surface area (Å²) >= 11 is 0. The predicted molar refractivity (Wildman–Crippen MR) is 59.7 cm³/mol. The summed E-state index contributed by atoms with van der Waals surface area (Å²) in [6.45, 7) is -0.110. The van der Waals surface area contributed by atoms with Gasteiger partial charge in [-0.1, -0.05) is 5.16 Å². The molecule has 9 heteroatoms. The van der Waals surface area contributed by atoms with Gasteiger partial charge >= 0.3 is 12.3 Å². The van der Waals surface area contributed by atoms with E-state index in [1.807, 2.05) is 0 Å². The molecule has 0 amide bonds. The molecule has 1 aromatic heterocycles. The van der Waals surface area contributed by atoms with Crippen molar-refractivity contribution in [3.63, 3.8) is 0 Å². The first-order chi connectivity index (χ1) is 9.49. The maximum Gasteiger partial charge on any atom is 0.330 e. The van der Waals surface area contributed by atoms with Crippen LogP contribution < -0.4 is 5.32 Å². The van der Waals surface area contributed by atoms with E-state index in [1.165, 1.54) is 0 Å². The summed E-state index contributed by atoms with van der Waals surface area (Å²) in [6, 6.07) is 0. The summed E-state index contributed by atoms with van der Waals surface area (Å²) in [5.41, 5.74) is 0. The molecule has 0 saturated carbocycles. The molecule has 20 heavy (non-hydrogen) atoms. The fourth-order valence-electron chi connectivity index (χ4n) is 1.90. The number of alkyl halides is 4. The second kappa shape index (κ2) is 6.49. The number of piperidine rings is 1. The van der Waals surface area contributed by atoms with Gasteiger partial charge in [-0.05, 0) is 19.4 Å². The van der Waals surface area contributed by atoms with Crippen molar-refractivity contribution < 1.29 is 26.8 Å². The van der Waals surface area contributed by atoms with Gasteiger partial charge in [0.15, 0.2) is 5.82 Å². The average Bonchev–Trinajstić information content (AvgIpc) is 2.88. The van der Waals surface area contributed by atoms with Crippen LogP contribution in [0, 0.1) is 0 Å². The highest BCUT2D eigenvalue weighted by atomic mass is 19.3. The van der Waals surface area contributed by atoms with E-state index in [9.17, 15) is 17.6 Å². The van der Waals surface area contributed by atoms with Crippen LogP contribution in [0.2, 0.25) is 0 Å². The van der Waals surface area contributed by atoms with Crippen LogP contribution in [-0.4, -0.2) is 42.2 Å². The molecule has 1 fully saturated rings. The minimum atomic E-state index is -4.17. The minimum absolute atomic E-state index is 0.0793. The molecule has 1 saturated heterocycles. The van der Waals surface area contributed by atoms with Crippen molar-refractivity contribution in [1.29, 1.82) is 0 Å². The number of aromatic nitrogens is 2. The molecule has 0 spiro atoms. The van der Waals surface area contributed by atoms with E-state index in [2.05, 4.69) is 20.2 Å². The third kappa shape index (κ3) is 3.89. The van der Waals surface area contributed by atoms with Crippen LogP contribution in [0.15, 0.2) is 4.52 Å². The number of nitrogens with zero attached hydrogens (tertiary/aromatic N) is 2. The molecule has 1 aromatic rings. The average molecular weight is 297 g/mol. The van der Waals surface area contributed by atoms with Crippen LogP contribution in [0.1, 0.15) is 30.5 Å². The summed E-state index contributed by atoms with van der Waals surface area (Å²) < 4.78 is 58.5. The first-order valence-electron chi connectivity index (χ1n) is 6.26. The van der Waals surface area contributed by atoms with E-state index >= 15 is 0 Å². The molecule has 2 heterocycles. The quantitative estimate of drug-likeness (QED) is 0.813. The highest BCUT2D eigenvalue weighted by Crippen LogP contribution is 2.24. The molecule has 2 rings (SSSR count). The van der Waals surface area contributed by atoms with Crippen molar-refractivity contribution in [3.05, 3.63) is 11.7 Å². The molecular formula is C11H15F4N3O2. The largest absolute Gasteiger partial charge is 0.367 e. The van der Waals surface area contributed by atoms with Gasteiger partial charge in [-0.15, -0.1) is 0 Å². The van der Waals surface area contributed by atoms with E-state index in [0.29, 0.717) is 12.4 Å². The molecule has 1 aliphatic heterocycles. The zero-order valence-electron chi connectivity index (χ0n) is 10.6. The number of hydrogen-bond acceptors (Lipinski definition) is 5. The maximum absolute atomic E-state index is 12.6. The van der Waals surface area contributed by atoms with Gasteiger partial charge in [-0.25, -0.2) is 8.78 Å². The Balaban J connectivity index is 1.81. The molecule has 1 atom stereocenters. The van der Waals surface area contributed by atoms with E-state index in [1.54, 1.807) is 0 Å². The van der Waals surface area contributed by atoms with E-state index in [4.69, 9.17) is 4.52 Å². The maximum atomic E-state index is 12.6. The lowest BCUT2D eigenvalue weighted by molar-refractivity contribution is -0.168. The van der Waals surface area contributed by atoms with Crippen molar-refractivity contribution in [2.45, 2.75) is 37.7 Å². The van der Waals surface area contributed by atoms with Gasteiger partial charge in [0.1, 0.15) is 13.2 Å². The van der Waals surface area contributed by atoms with Crippen LogP contribution in [-0.2, 0) is 11.3 Å². The van der Waals surface area contributed by atoms with Crippen LogP contribution in [0.4, 0.5) is 17.6 Å². The van der Waals surface area contributed by atoms with Crippen LogP contribution in [0.25, 0.3) is 0 Å². The molecule has 0 unspecified atom stereocenters. The Labute approximate surface area is 112 Å². The highest BCUT2D eigenvalue weighted by Gasteiger charge is 2.41. The van der Waals surface area contributed by atoms with Crippen molar-refractivity contribution in [2.75, 3.05) is 19.7 Å². The number of halogens is 4. The molecule has 0 aliphatic carbocycles. The lowest BCUT2D eigenvalue weighted by Gasteiger charge is -2.18. The Morgan fingerprint density at radius 2 is 2.25 bits per heavy atom. The second-order valence-corrected chi connectivity index (χ2v) is 4.65. The van der Waals surface area contributed by atoms with E-state index in [0.717, 1.165) is 19.4 Å². The second-order valence-electron chi connectivity index (χ2n) is 4.65. The van der Waals surface area contributed by atoms with Crippen LogP contribution in [0.3, 0.4) is 0 Å². The smallest absolute Gasteiger partial charge is 0.330 e. The van der Waals surface area contributed by atoms with Gasteiger partial charge < -0.3 is 14.6 Å². The molecule has 0 aromatic carbocycles. The lowest BCUT2D eigenvalue weighted by Crippen LogP contribution is -2.32. The Hall–Kier alpha value is -1.22. The van der Waals surface area contributed by atoms with Crippen molar-refractivity contribution >= 4 is 0 Å². The van der Waals surface area contributed by atoms with Crippen molar-refractivity contribution in [2.24, 2.45) is 0 Å². The first kappa shape index (κ1) is 15.2. The number of ether oxygens (including phenoxy) is 1. The summed E-state index contributed by atoms with van der Waals surface area (Å²) in [4.78, 5) is 4.02. The Morgan fingerprint density at radius 3 is 2.90 bits per heavy atom. The van der Waals surface area contributed by atoms with Crippen molar-refractivity contribution in [3.8, 4) is 0 Å². The summed E-state index contributed by atoms with van der Waals surface area (Å²) in [7, 11) is 0. The number of nitrogens with one attached hydrogen (secondary N) is 1. The predicted octanol–water partition coefficient (Wildman–Crippen LogP) is 1.95. The molecule has 1 aliphatic rings. The SMILES string of the molecule is FC(F)C(F)(F)COCc1noc([C@H]2CCCNC2)n1. The molecule has 1 N–H and O–H groups in total. The van der Waals surface area contributed by atoms with Crippen LogP contribution in [0.5, 0.6) is 0 Å². The van der Waals surface area contributed by atoms with Gasteiger partial charge in [-0.3, -0.25) is 0 Å². The Bertz CT molecular complexity index is 422. The molecule has 114 valence electrons. The van der Waals surface area contributed by atoms with E-state index in [-0.39, 0.29) is 18.3 Å². The molecule has 0 radical (unpaired) electrons. The molecule has 5 nitrogen and oxygen atoms in total. The molecular weight excluding hydrogens is 282 g/mol. The van der Waals surface area contributed by atoms with E-state index < -0.39 is 19.0 Å². The number of rotatable bonds is 6. The van der Waals surface area contributed by atoms with Gasteiger partial charge in [0.05, 0.1) is 5.92 Å². The fourth-order valence-corrected chi connectivity index (χ4v) is 1.90. The van der Waals surface area contributed by atoms with Gasteiger partial charge in [0.25, 0.3) is 0 Å². The fraction of sp³-hybridized carbons (Fsp3) is 0.818. The summed E-state index contributed by atoms with van der Waals surface area (Å²) in [5, 5.41) is 6.76. The van der Waals surface area contributed by atoms with Gasteiger partial charge in [0, 0.05) is 6.54 Å². The first-order valence-corrected chi connectivity index (χ1v) is 6.26. The highest BCUT2D eigenvalue weighted by molar-refractivity contribution is 4.96.